The number of cyclic esters (lactones) is 1. The van der Waals surface area contributed by atoms with Crippen molar-refractivity contribution in [2.24, 2.45) is 23.7 Å². The van der Waals surface area contributed by atoms with E-state index in [1.807, 2.05) is 64.2 Å². The van der Waals surface area contributed by atoms with E-state index in [9.17, 15) is 19.5 Å². The van der Waals surface area contributed by atoms with Crippen LogP contribution in [0.1, 0.15) is 87.1 Å². The molecule has 6 rings (SSSR count). The van der Waals surface area contributed by atoms with Gasteiger partial charge in [0.15, 0.2) is 17.7 Å². The molecule has 4 aliphatic rings. The van der Waals surface area contributed by atoms with Crippen LogP contribution in [-0.4, -0.2) is 149 Å². The van der Waals surface area contributed by atoms with E-state index in [0.717, 1.165) is 23.7 Å². The number of pyridine rings is 1. The van der Waals surface area contributed by atoms with Crippen molar-refractivity contribution in [2.45, 2.75) is 148 Å². The van der Waals surface area contributed by atoms with Gasteiger partial charge in [0.1, 0.15) is 18.1 Å². The molecule has 4 saturated heterocycles. The molecular formula is C45H69N5O9. The number of carbonyl (C=O) groups excluding carboxylic acids is 3. The molecule has 1 amide bonds. The number of aliphatic hydroxyl groups excluding tert-OH is 1. The number of hydrogen-bond acceptors (Lipinski definition) is 13. The first-order chi connectivity index (χ1) is 27.9. The zero-order valence-corrected chi connectivity index (χ0v) is 37.3. The van der Waals surface area contributed by atoms with Gasteiger partial charge in [0, 0.05) is 43.2 Å². The Bertz CT molecular complexity index is 1810. The van der Waals surface area contributed by atoms with Gasteiger partial charge in [-0.2, -0.15) is 0 Å². The molecule has 1 aromatic heterocycles. The fraction of sp³-hybridized carbons (Fsp3) is 0.733. The van der Waals surface area contributed by atoms with Crippen molar-refractivity contribution in [3.63, 3.8) is 0 Å². The van der Waals surface area contributed by atoms with Crippen LogP contribution in [0, 0.1) is 23.7 Å². The summed E-state index contributed by atoms with van der Waals surface area (Å²) < 4.78 is 32.0. The van der Waals surface area contributed by atoms with Crippen molar-refractivity contribution in [1.82, 2.24) is 24.8 Å². The van der Waals surface area contributed by atoms with Gasteiger partial charge in [0.2, 0.25) is 0 Å². The molecule has 3 unspecified atom stereocenters. The maximum absolute atomic E-state index is 14.4. The Kier molecular flexibility index (Phi) is 13.8. The van der Waals surface area contributed by atoms with Crippen molar-refractivity contribution in [3.8, 4) is 0 Å². The Morgan fingerprint density at radius 3 is 2.42 bits per heavy atom. The number of rotatable bonds is 9. The number of carbonyl (C=O) groups is 3. The second-order valence-corrected chi connectivity index (χ2v) is 18.4. The minimum absolute atomic E-state index is 0.0721. The van der Waals surface area contributed by atoms with Gasteiger partial charge >= 0.3 is 12.1 Å². The van der Waals surface area contributed by atoms with Crippen molar-refractivity contribution < 1.29 is 43.2 Å². The molecule has 1 N–H and O–H groups in total. The van der Waals surface area contributed by atoms with Crippen molar-refractivity contribution in [3.05, 3.63) is 42.1 Å². The number of nitrogens with zero attached hydrogens (tertiary/aromatic N) is 5. The number of aryl methyl sites for hydroxylation is 1. The number of esters is 1. The zero-order valence-electron chi connectivity index (χ0n) is 37.3. The van der Waals surface area contributed by atoms with Gasteiger partial charge in [-0.15, -0.1) is 0 Å². The van der Waals surface area contributed by atoms with Gasteiger partial charge in [-0.05, 0) is 110 Å². The summed E-state index contributed by atoms with van der Waals surface area (Å²) in [5, 5.41) is 16.6. The number of Topliss-reactive ketones (excluding diaryl/α,β-unsaturated/α-hetero) is 1. The van der Waals surface area contributed by atoms with E-state index in [-0.39, 0.29) is 35.8 Å². The van der Waals surface area contributed by atoms with E-state index >= 15 is 0 Å². The number of para-hydroxylation sites is 1. The normalized spacial score (nSPS) is 39.2. The molecule has 0 aliphatic carbocycles. The third-order valence-corrected chi connectivity index (χ3v) is 14.2. The Morgan fingerprint density at radius 2 is 1.75 bits per heavy atom. The summed E-state index contributed by atoms with van der Waals surface area (Å²) >= 11 is 0. The van der Waals surface area contributed by atoms with Crippen LogP contribution in [0.5, 0.6) is 0 Å². The number of likely N-dealkylation sites (N-methyl/N-ethyl adjacent to an activating group) is 1. The minimum Gasteiger partial charge on any atom is -0.458 e. The van der Waals surface area contributed by atoms with Crippen LogP contribution in [0.15, 0.2) is 36.5 Å². The molecule has 4 aliphatic heterocycles. The first-order valence-corrected chi connectivity index (χ1v) is 21.6. The lowest BCUT2D eigenvalue weighted by Gasteiger charge is -2.48. The maximum atomic E-state index is 14.4. The van der Waals surface area contributed by atoms with Crippen LogP contribution < -0.4 is 0 Å². The molecule has 0 radical (unpaired) electrons. The number of hydrazine groups is 1. The highest BCUT2D eigenvalue weighted by Crippen LogP contribution is 2.46. The molecular weight excluding hydrogens is 755 g/mol. The first-order valence-electron chi connectivity index (χ1n) is 21.6. The second kappa shape index (κ2) is 18.0. The van der Waals surface area contributed by atoms with Gasteiger partial charge in [-0.3, -0.25) is 19.5 Å². The van der Waals surface area contributed by atoms with Crippen LogP contribution in [-0.2, 0) is 39.7 Å². The van der Waals surface area contributed by atoms with E-state index in [0.29, 0.717) is 32.6 Å². The highest BCUT2D eigenvalue weighted by atomic mass is 16.7. The predicted molar refractivity (Wildman–Crippen MR) is 223 cm³/mol. The number of aliphatic hydroxyl groups is 1. The van der Waals surface area contributed by atoms with E-state index in [2.05, 4.69) is 47.8 Å². The molecule has 14 nitrogen and oxygen atoms in total. The molecule has 0 saturated carbocycles. The molecule has 328 valence electrons. The van der Waals surface area contributed by atoms with Crippen molar-refractivity contribution in [2.75, 3.05) is 41.0 Å². The number of ether oxygens (including phenoxy) is 5. The van der Waals surface area contributed by atoms with Crippen LogP contribution in [0.3, 0.4) is 0 Å². The summed E-state index contributed by atoms with van der Waals surface area (Å²) in [5.74, 6) is -3.37. The molecule has 14 heteroatoms. The molecule has 59 heavy (non-hydrogen) atoms. The SMILES string of the molecule is CCN1CN(CCCc2ccnc3ccccc23)N2C(=O)O[C@@]3(C)C2[C@H](C)C1[C@H](C)C[C@](C)(OC)[C@H](OC1O[C@H](C)C[C@H](N(C)C)[C@H]1O)[C@@H](C)C(=O)[C@@H](C)C(=O)O[C@H]3C. The van der Waals surface area contributed by atoms with Crippen LogP contribution in [0.2, 0.25) is 0 Å². The van der Waals surface area contributed by atoms with E-state index < -0.39 is 65.7 Å². The molecule has 5 heterocycles. The number of fused-ring (bicyclic) bond motifs is 2. The number of benzene rings is 1. The van der Waals surface area contributed by atoms with Crippen LogP contribution in [0.25, 0.3) is 10.9 Å². The molecule has 0 spiro atoms. The summed E-state index contributed by atoms with van der Waals surface area (Å²) in [6.45, 7) is 19.0. The fourth-order valence-electron chi connectivity index (χ4n) is 10.8. The minimum atomic E-state index is -1.24. The largest absolute Gasteiger partial charge is 0.458 e. The zero-order chi connectivity index (χ0) is 43.1. The monoisotopic (exact) mass is 824 g/mol. The van der Waals surface area contributed by atoms with Gasteiger partial charge in [0.05, 0.1) is 36.0 Å². The van der Waals surface area contributed by atoms with E-state index in [1.54, 1.807) is 32.9 Å². The Morgan fingerprint density at radius 1 is 1.03 bits per heavy atom. The predicted octanol–water partition coefficient (Wildman–Crippen LogP) is 5.29. The Hall–Kier alpha value is -3.24. The lowest BCUT2D eigenvalue weighted by molar-refractivity contribution is -0.296. The number of amides is 1. The first kappa shape index (κ1) is 45.3. The number of ketones is 1. The molecule has 4 fully saturated rings. The van der Waals surface area contributed by atoms with Gasteiger partial charge < -0.3 is 33.7 Å². The fourth-order valence-corrected chi connectivity index (χ4v) is 10.8. The number of hydrogen-bond donors (Lipinski definition) is 1. The topological polar surface area (TPSA) is 143 Å². The highest BCUT2D eigenvalue weighted by molar-refractivity contribution is 6.00. The Balaban J connectivity index is 1.39. The Labute approximate surface area is 350 Å². The third-order valence-electron chi connectivity index (χ3n) is 14.2. The standard InChI is InChI=1S/C45H69N5O9/c1-13-48-25-49(22-16-17-32-20-21-46-34-19-15-14-18-33(32)34)50-39-28(4)36(48)26(2)24-44(8,55-12)40(58-42-38(52)35(47(10)11)23-27(3)56-42)29(5)37(51)30(6)41(53)57-31(7)45(39,9)59-43(50)54/h14-15,18-21,26-31,35-36,38-40,42,52H,13,16-17,22-25H2,1-12H3/t26-,27-,28-,29+,30-,31+,35+,36?,38-,39?,40-,42?,44+,45-/m1/s1. The molecule has 14 atom stereocenters. The van der Waals surface area contributed by atoms with Crippen LogP contribution in [0.4, 0.5) is 4.79 Å². The number of methoxy groups -OCH3 is 1. The lowest BCUT2D eigenvalue weighted by atomic mass is 9.71. The lowest BCUT2D eigenvalue weighted by Crippen LogP contribution is -2.61. The number of aromatic nitrogens is 1. The molecule has 2 aromatic rings. The van der Waals surface area contributed by atoms with Crippen LogP contribution >= 0.6 is 0 Å². The summed E-state index contributed by atoms with van der Waals surface area (Å²) in [6.07, 6.45) is -0.0873. The quantitative estimate of drug-likeness (QED) is 0.259. The summed E-state index contributed by atoms with van der Waals surface area (Å²) in [7, 11) is 5.45. The third kappa shape index (κ3) is 8.65. The average Bonchev–Trinajstić information content (AvgIpc) is 3.40. The molecule has 2 bridgehead atoms. The smallest absolute Gasteiger partial charge is 0.425 e. The van der Waals surface area contributed by atoms with Crippen molar-refractivity contribution >= 4 is 28.7 Å². The van der Waals surface area contributed by atoms with Gasteiger partial charge in [0.25, 0.3) is 0 Å². The van der Waals surface area contributed by atoms with E-state index in [1.165, 1.54) is 5.56 Å². The van der Waals surface area contributed by atoms with Crippen molar-refractivity contribution in [1.29, 1.82) is 0 Å². The summed E-state index contributed by atoms with van der Waals surface area (Å²) in [6, 6.07) is 9.33. The summed E-state index contributed by atoms with van der Waals surface area (Å²) in [4.78, 5) is 51.7. The van der Waals surface area contributed by atoms with Gasteiger partial charge in [-0.25, -0.2) is 14.8 Å². The van der Waals surface area contributed by atoms with Gasteiger partial charge in [-0.1, -0.05) is 45.9 Å². The average molecular weight is 824 g/mol. The molecule has 1 aromatic carbocycles. The van der Waals surface area contributed by atoms with E-state index in [4.69, 9.17) is 23.7 Å². The second-order valence-electron chi connectivity index (χ2n) is 18.4. The maximum Gasteiger partial charge on any atom is 0.425 e. The summed E-state index contributed by atoms with van der Waals surface area (Å²) in [5.41, 5.74) is -0.183. The highest BCUT2D eigenvalue weighted by Gasteiger charge is 2.63.